The second kappa shape index (κ2) is 5.69. The number of halogens is 1. The van der Waals surface area contributed by atoms with Crippen molar-refractivity contribution in [3.63, 3.8) is 0 Å². The third-order valence-electron chi connectivity index (χ3n) is 3.31. The van der Waals surface area contributed by atoms with E-state index in [9.17, 15) is 14.3 Å². The third kappa shape index (κ3) is 2.63. The molecular weight excluding hydrogens is 301 g/mol. The molecule has 0 bridgehead atoms. The minimum atomic E-state index is -1.03. The Morgan fingerprint density at radius 3 is 2.45 bits per heavy atom. The van der Waals surface area contributed by atoms with E-state index in [1.165, 1.54) is 12.1 Å². The molecule has 0 aliphatic carbocycles. The summed E-state index contributed by atoms with van der Waals surface area (Å²) in [5, 5.41) is 10.1. The molecule has 0 fully saturated rings. The minimum Gasteiger partial charge on any atom is -0.477 e. The van der Waals surface area contributed by atoms with Crippen LogP contribution in [0.15, 0.2) is 48.5 Å². The van der Waals surface area contributed by atoms with Crippen LogP contribution in [-0.4, -0.2) is 16.1 Å². The Balaban J connectivity index is 2.17. The lowest BCUT2D eigenvalue weighted by Gasteiger charge is -2.00. The van der Waals surface area contributed by atoms with Crippen LogP contribution in [0.1, 0.15) is 15.2 Å². The molecule has 0 amide bonds. The van der Waals surface area contributed by atoms with Gasteiger partial charge in [0.1, 0.15) is 15.7 Å². The van der Waals surface area contributed by atoms with Crippen LogP contribution in [-0.2, 0) is 0 Å². The largest absolute Gasteiger partial charge is 0.477 e. The Bertz CT molecular complexity index is 840. The third-order valence-corrected chi connectivity index (χ3v) is 4.39. The van der Waals surface area contributed by atoms with Crippen molar-refractivity contribution in [3.05, 3.63) is 64.8 Å². The lowest BCUT2D eigenvalue weighted by Crippen LogP contribution is -1.95. The van der Waals surface area contributed by atoms with E-state index in [4.69, 9.17) is 0 Å². The highest BCUT2D eigenvalue weighted by Crippen LogP contribution is 2.35. The molecule has 3 nitrogen and oxygen atoms in total. The summed E-state index contributed by atoms with van der Waals surface area (Å²) >= 11 is 1.13. The SMILES string of the molecule is Cc1ccccc1-c1nc(-c2ccc(F)cc2)c(C(=O)O)s1. The lowest BCUT2D eigenvalue weighted by atomic mass is 10.1. The highest BCUT2D eigenvalue weighted by molar-refractivity contribution is 7.17. The molecule has 0 unspecified atom stereocenters. The predicted molar refractivity (Wildman–Crippen MR) is 84.6 cm³/mol. The molecule has 0 aliphatic heterocycles. The van der Waals surface area contributed by atoms with Crippen LogP contribution in [0.3, 0.4) is 0 Å². The lowest BCUT2D eigenvalue weighted by molar-refractivity contribution is 0.0702. The summed E-state index contributed by atoms with van der Waals surface area (Å²) in [7, 11) is 0. The van der Waals surface area contributed by atoms with Crippen LogP contribution < -0.4 is 0 Å². The number of aromatic nitrogens is 1. The number of rotatable bonds is 3. The van der Waals surface area contributed by atoms with Crippen LogP contribution >= 0.6 is 11.3 Å². The first-order valence-corrected chi connectivity index (χ1v) is 7.44. The molecule has 0 radical (unpaired) electrons. The number of carboxylic acids is 1. The Morgan fingerprint density at radius 2 is 1.82 bits per heavy atom. The van der Waals surface area contributed by atoms with Gasteiger partial charge in [-0.1, -0.05) is 24.3 Å². The second-order valence-corrected chi connectivity index (χ2v) is 5.82. The number of hydrogen-bond donors (Lipinski definition) is 1. The summed E-state index contributed by atoms with van der Waals surface area (Å²) < 4.78 is 13.1. The number of carboxylic acid groups (broad SMARTS) is 1. The zero-order chi connectivity index (χ0) is 15.7. The second-order valence-electron chi connectivity index (χ2n) is 4.82. The highest BCUT2D eigenvalue weighted by Gasteiger charge is 2.20. The summed E-state index contributed by atoms with van der Waals surface area (Å²) in [5.74, 6) is -1.40. The van der Waals surface area contributed by atoms with Crippen molar-refractivity contribution in [1.29, 1.82) is 0 Å². The van der Waals surface area contributed by atoms with E-state index in [-0.39, 0.29) is 10.7 Å². The van der Waals surface area contributed by atoms with Crippen molar-refractivity contribution in [1.82, 2.24) is 4.98 Å². The van der Waals surface area contributed by atoms with E-state index in [1.807, 2.05) is 31.2 Å². The van der Waals surface area contributed by atoms with Gasteiger partial charge in [0.05, 0.1) is 5.69 Å². The van der Waals surface area contributed by atoms with Crippen LogP contribution in [0.2, 0.25) is 0 Å². The Labute approximate surface area is 130 Å². The molecule has 3 aromatic rings. The molecule has 0 atom stereocenters. The number of benzene rings is 2. The van der Waals surface area contributed by atoms with Gasteiger partial charge in [-0.25, -0.2) is 14.2 Å². The van der Waals surface area contributed by atoms with Gasteiger partial charge in [0.15, 0.2) is 0 Å². The number of thiazole rings is 1. The maximum atomic E-state index is 13.1. The van der Waals surface area contributed by atoms with Gasteiger partial charge in [-0.15, -0.1) is 11.3 Å². The van der Waals surface area contributed by atoms with Gasteiger partial charge < -0.3 is 5.11 Å². The van der Waals surface area contributed by atoms with Crippen molar-refractivity contribution < 1.29 is 14.3 Å². The number of carbonyl (C=O) groups is 1. The maximum Gasteiger partial charge on any atom is 0.348 e. The summed E-state index contributed by atoms with van der Waals surface area (Å²) in [5.41, 5.74) is 2.90. The van der Waals surface area contributed by atoms with E-state index in [1.54, 1.807) is 12.1 Å². The summed E-state index contributed by atoms with van der Waals surface area (Å²) in [4.78, 5) is 16.1. The monoisotopic (exact) mass is 313 g/mol. The first-order valence-electron chi connectivity index (χ1n) is 6.62. The highest BCUT2D eigenvalue weighted by atomic mass is 32.1. The fraction of sp³-hybridized carbons (Fsp3) is 0.0588. The van der Waals surface area contributed by atoms with Gasteiger partial charge in [-0.3, -0.25) is 0 Å². The van der Waals surface area contributed by atoms with E-state index < -0.39 is 5.97 Å². The Hall–Kier alpha value is -2.53. The number of nitrogens with zero attached hydrogens (tertiary/aromatic N) is 1. The van der Waals surface area contributed by atoms with Gasteiger partial charge in [0.25, 0.3) is 0 Å². The molecule has 22 heavy (non-hydrogen) atoms. The molecule has 0 spiro atoms. The average molecular weight is 313 g/mol. The van der Waals surface area contributed by atoms with Gasteiger partial charge in [0, 0.05) is 11.1 Å². The first-order chi connectivity index (χ1) is 10.6. The van der Waals surface area contributed by atoms with Crippen LogP contribution in [0.4, 0.5) is 4.39 Å². The average Bonchev–Trinajstić information content (AvgIpc) is 2.93. The van der Waals surface area contributed by atoms with E-state index >= 15 is 0 Å². The quantitative estimate of drug-likeness (QED) is 0.767. The van der Waals surface area contributed by atoms with Crippen molar-refractivity contribution >= 4 is 17.3 Å². The molecule has 1 aromatic heterocycles. The molecule has 0 saturated heterocycles. The zero-order valence-electron chi connectivity index (χ0n) is 11.7. The summed E-state index contributed by atoms with van der Waals surface area (Å²) in [6.07, 6.45) is 0. The van der Waals surface area contributed by atoms with Gasteiger partial charge in [-0.05, 0) is 36.8 Å². The molecule has 5 heteroatoms. The van der Waals surface area contributed by atoms with Crippen LogP contribution in [0.5, 0.6) is 0 Å². The van der Waals surface area contributed by atoms with E-state index in [0.717, 1.165) is 22.5 Å². The molecular formula is C17H12FNO2S. The first kappa shape index (κ1) is 14.4. The number of aryl methyl sites for hydroxylation is 1. The van der Waals surface area contributed by atoms with Gasteiger partial charge >= 0.3 is 5.97 Å². The Morgan fingerprint density at radius 1 is 1.14 bits per heavy atom. The molecule has 1 heterocycles. The molecule has 2 aromatic carbocycles. The number of hydrogen-bond acceptors (Lipinski definition) is 3. The van der Waals surface area contributed by atoms with E-state index in [0.29, 0.717) is 16.3 Å². The fourth-order valence-electron chi connectivity index (χ4n) is 2.20. The van der Waals surface area contributed by atoms with Crippen molar-refractivity contribution in [2.75, 3.05) is 0 Å². The number of aromatic carboxylic acids is 1. The van der Waals surface area contributed by atoms with Gasteiger partial charge in [0.2, 0.25) is 0 Å². The normalized spacial score (nSPS) is 10.6. The predicted octanol–water partition coefficient (Wildman–Crippen LogP) is 4.62. The van der Waals surface area contributed by atoms with Crippen molar-refractivity contribution in [3.8, 4) is 21.8 Å². The van der Waals surface area contributed by atoms with Crippen LogP contribution in [0.25, 0.3) is 21.8 Å². The summed E-state index contributed by atoms with van der Waals surface area (Å²) in [6.45, 7) is 1.95. The molecule has 3 rings (SSSR count). The fourth-order valence-corrected chi connectivity index (χ4v) is 3.21. The van der Waals surface area contributed by atoms with Crippen LogP contribution in [0, 0.1) is 12.7 Å². The molecule has 0 aliphatic rings. The molecule has 1 N–H and O–H groups in total. The molecule has 0 saturated carbocycles. The standard InChI is InChI=1S/C17H12FNO2S/c1-10-4-2-3-5-13(10)16-19-14(15(22-16)17(20)21)11-6-8-12(18)9-7-11/h2-9H,1H3,(H,20,21). The zero-order valence-corrected chi connectivity index (χ0v) is 12.5. The molecule has 110 valence electrons. The van der Waals surface area contributed by atoms with Gasteiger partial charge in [-0.2, -0.15) is 0 Å². The summed E-state index contributed by atoms with van der Waals surface area (Å²) in [6, 6.07) is 13.4. The smallest absolute Gasteiger partial charge is 0.348 e. The maximum absolute atomic E-state index is 13.1. The topological polar surface area (TPSA) is 50.2 Å². The minimum absolute atomic E-state index is 0.157. The Kier molecular flexibility index (Phi) is 3.73. The van der Waals surface area contributed by atoms with Crippen molar-refractivity contribution in [2.24, 2.45) is 0 Å². The van der Waals surface area contributed by atoms with Crippen molar-refractivity contribution in [2.45, 2.75) is 6.92 Å². The van der Waals surface area contributed by atoms with E-state index in [2.05, 4.69) is 4.98 Å².